The zero-order valence-corrected chi connectivity index (χ0v) is 18.5. The van der Waals surface area contributed by atoms with Crippen LogP contribution in [-0.2, 0) is 0 Å². The Morgan fingerprint density at radius 2 is 1.41 bits per heavy atom. The van der Waals surface area contributed by atoms with Gasteiger partial charge in [-0.15, -0.1) is 0 Å². The molecule has 0 saturated carbocycles. The van der Waals surface area contributed by atoms with Gasteiger partial charge < -0.3 is 0 Å². The van der Waals surface area contributed by atoms with Crippen LogP contribution in [0, 0.1) is 0 Å². The number of hydrogen-bond acceptors (Lipinski definition) is 1. The minimum absolute atomic E-state index is 0.583. The van der Waals surface area contributed by atoms with Gasteiger partial charge in [0, 0.05) is 25.1 Å². The molecule has 0 radical (unpaired) electrons. The average Bonchev–Trinajstić information content (AvgIpc) is 3.09. The van der Waals surface area contributed by atoms with Gasteiger partial charge in [-0.3, -0.25) is 0 Å². The summed E-state index contributed by atoms with van der Waals surface area (Å²) >= 11 is 19.8. The highest BCUT2D eigenvalue weighted by atomic mass is 79.9. The molecule has 0 aliphatic heterocycles. The van der Waals surface area contributed by atoms with Crippen molar-refractivity contribution in [2.75, 3.05) is 0 Å². The molecule has 134 valence electrons. The van der Waals surface area contributed by atoms with Gasteiger partial charge in [0.05, 0.1) is 22.1 Å². The van der Waals surface area contributed by atoms with Crippen molar-refractivity contribution in [3.63, 3.8) is 0 Å². The fourth-order valence-electron chi connectivity index (χ4n) is 2.86. The molecule has 0 bridgehead atoms. The second-order valence-electron chi connectivity index (χ2n) is 5.94. The van der Waals surface area contributed by atoms with E-state index < -0.39 is 0 Å². The molecule has 1 aromatic heterocycles. The molecule has 0 fully saturated rings. The Labute approximate surface area is 184 Å². The van der Waals surface area contributed by atoms with Crippen molar-refractivity contribution in [2.24, 2.45) is 0 Å². The van der Waals surface area contributed by atoms with E-state index in [1.54, 1.807) is 12.1 Å². The highest BCUT2D eigenvalue weighted by Gasteiger charge is 2.16. The quantitative estimate of drug-likeness (QED) is 0.266. The minimum Gasteiger partial charge on any atom is -0.231 e. The third-order valence-electron chi connectivity index (χ3n) is 4.09. The second kappa shape index (κ2) is 7.80. The standard InChI is InChI=1S/C21H12Br2Cl2N2/c22-15-5-1-3-13(9-15)19-12-20(14-4-2-6-16(23)10-14)27(26-19)21-11-17(24)7-8-18(21)25/h1-12H. The van der Waals surface area contributed by atoms with E-state index in [2.05, 4.69) is 44.0 Å². The first-order valence-corrected chi connectivity index (χ1v) is 10.4. The Kier molecular flexibility index (Phi) is 5.42. The summed E-state index contributed by atoms with van der Waals surface area (Å²) in [6.07, 6.45) is 0. The van der Waals surface area contributed by atoms with Crippen molar-refractivity contribution in [3.8, 4) is 28.2 Å². The minimum atomic E-state index is 0.583. The summed E-state index contributed by atoms with van der Waals surface area (Å²) in [5.74, 6) is 0. The average molecular weight is 523 g/mol. The van der Waals surface area contributed by atoms with Gasteiger partial charge in [-0.05, 0) is 48.5 Å². The molecule has 2 nitrogen and oxygen atoms in total. The van der Waals surface area contributed by atoms with Crippen molar-refractivity contribution >= 4 is 55.1 Å². The lowest BCUT2D eigenvalue weighted by Crippen LogP contribution is -2.00. The number of hydrogen-bond donors (Lipinski definition) is 0. The van der Waals surface area contributed by atoms with Crippen molar-refractivity contribution in [1.82, 2.24) is 9.78 Å². The molecule has 4 rings (SSSR count). The second-order valence-corrected chi connectivity index (χ2v) is 8.62. The maximum Gasteiger partial charge on any atom is 0.0934 e. The molecule has 1 heterocycles. The molecule has 0 aliphatic carbocycles. The van der Waals surface area contributed by atoms with Gasteiger partial charge in [-0.25, -0.2) is 4.68 Å². The molecule has 0 unspecified atom stereocenters. The summed E-state index contributed by atoms with van der Waals surface area (Å²) in [4.78, 5) is 0. The van der Waals surface area contributed by atoms with Gasteiger partial charge in [0.1, 0.15) is 0 Å². The third-order valence-corrected chi connectivity index (χ3v) is 5.63. The van der Waals surface area contributed by atoms with Crippen molar-refractivity contribution in [1.29, 1.82) is 0 Å². The topological polar surface area (TPSA) is 17.8 Å². The number of nitrogens with zero attached hydrogens (tertiary/aromatic N) is 2. The number of benzene rings is 3. The molecule has 0 spiro atoms. The largest absolute Gasteiger partial charge is 0.231 e. The van der Waals surface area contributed by atoms with E-state index in [1.165, 1.54) is 0 Å². The highest BCUT2D eigenvalue weighted by molar-refractivity contribution is 9.10. The fraction of sp³-hybridized carbons (Fsp3) is 0. The summed E-state index contributed by atoms with van der Waals surface area (Å²) in [6, 6.07) is 23.6. The van der Waals surface area contributed by atoms with Crippen LogP contribution in [0.3, 0.4) is 0 Å². The van der Waals surface area contributed by atoms with Gasteiger partial charge in [0.25, 0.3) is 0 Å². The Balaban J connectivity index is 1.97. The summed E-state index contributed by atoms with van der Waals surface area (Å²) in [5.41, 5.74) is 4.55. The van der Waals surface area contributed by atoms with Crippen LogP contribution < -0.4 is 0 Å². The first-order valence-electron chi connectivity index (χ1n) is 8.08. The SMILES string of the molecule is Clc1ccc(Cl)c(-n2nc(-c3cccc(Br)c3)cc2-c2cccc(Br)c2)c1. The van der Waals surface area contributed by atoms with Gasteiger partial charge in [0.2, 0.25) is 0 Å². The van der Waals surface area contributed by atoms with E-state index >= 15 is 0 Å². The third kappa shape index (κ3) is 3.99. The van der Waals surface area contributed by atoms with E-state index in [-0.39, 0.29) is 0 Å². The molecule has 0 saturated heterocycles. The predicted octanol–water partition coefficient (Wildman–Crippen LogP) is 8.04. The van der Waals surface area contributed by atoms with E-state index in [0.717, 1.165) is 37.1 Å². The van der Waals surface area contributed by atoms with Crippen LogP contribution in [0.25, 0.3) is 28.2 Å². The molecule has 27 heavy (non-hydrogen) atoms. The number of aromatic nitrogens is 2. The molecule has 3 aromatic carbocycles. The summed E-state index contributed by atoms with van der Waals surface area (Å²) < 4.78 is 3.83. The van der Waals surface area contributed by atoms with Gasteiger partial charge >= 0.3 is 0 Å². The molecular weight excluding hydrogens is 511 g/mol. The van der Waals surface area contributed by atoms with Gasteiger partial charge in [-0.2, -0.15) is 5.10 Å². The normalized spacial score (nSPS) is 11.0. The van der Waals surface area contributed by atoms with Crippen LogP contribution >= 0.6 is 55.1 Å². The maximum absolute atomic E-state index is 6.47. The van der Waals surface area contributed by atoms with Crippen LogP contribution in [0.5, 0.6) is 0 Å². The molecule has 6 heteroatoms. The van der Waals surface area contributed by atoms with Crippen molar-refractivity contribution in [2.45, 2.75) is 0 Å². The number of rotatable bonds is 3. The summed E-state index contributed by atoms with van der Waals surface area (Å²) in [7, 11) is 0. The van der Waals surface area contributed by atoms with E-state index in [9.17, 15) is 0 Å². The first-order chi connectivity index (χ1) is 13.0. The van der Waals surface area contributed by atoms with Gasteiger partial charge in [-0.1, -0.05) is 79.3 Å². The summed E-state index contributed by atoms with van der Waals surface area (Å²) in [6.45, 7) is 0. The summed E-state index contributed by atoms with van der Waals surface area (Å²) in [5, 5.41) is 6.03. The lowest BCUT2D eigenvalue weighted by molar-refractivity contribution is 0.892. The molecule has 0 aliphatic rings. The lowest BCUT2D eigenvalue weighted by Gasteiger charge is -2.10. The van der Waals surface area contributed by atoms with Crippen LogP contribution in [0.1, 0.15) is 0 Å². The maximum atomic E-state index is 6.47. The van der Waals surface area contributed by atoms with E-state index in [1.807, 2.05) is 53.2 Å². The van der Waals surface area contributed by atoms with Crippen molar-refractivity contribution < 1.29 is 0 Å². The molecule has 0 atom stereocenters. The fourth-order valence-corrected chi connectivity index (χ4v) is 4.02. The molecule has 0 N–H and O–H groups in total. The molecule has 0 amide bonds. The molecular formula is C21H12Br2Cl2N2. The van der Waals surface area contributed by atoms with E-state index in [4.69, 9.17) is 28.3 Å². The smallest absolute Gasteiger partial charge is 0.0934 e. The zero-order valence-electron chi connectivity index (χ0n) is 13.8. The zero-order chi connectivity index (χ0) is 19.0. The Morgan fingerprint density at radius 1 is 0.741 bits per heavy atom. The Bertz CT molecular complexity index is 1140. The van der Waals surface area contributed by atoms with Crippen LogP contribution in [0.4, 0.5) is 0 Å². The Hall–Kier alpha value is -1.59. The van der Waals surface area contributed by atoms with Crippen LogP contribution in [0.15, 0.2) is 81.7 Å². The number of halogens is 4. The van der Waals surface area contributed by atoms with E-state index in [0.29, 0.717) is 10.0 Å². The van der Waals surface area contributed by atoms with Gasteiger partial charge in [0.15, 0.2) is 0 Å². The lowest BCUT2D eigenvalue weighted by atomic mass is 10.1. The Morgan fingerprint density at radius 3 is 2.11 bits per heavy atom. The van der Waals surface area contributed by atoms with Crippen LogP contribution in [0.2, 0.25) is 10.0 Å². The molecule has 4 aromatic rings. The first kappa shape index (κ1) is 18.8. The predicted molar refractivity (Wildman–Crippen MR) is 120 cm³/mol. The van der Waals surface area contributed by atoms with Crippen molar-refractivity contribution in [3.05, 3.63) is 91.8 Å². The highest BCUT2D eigenvalue weighted by Crippen LogP contribution is 2.34. The monoisotopic (exact) mass is 520 g/mol. The van der Waals surface area contributed by atoms with Crippen LogP contribution in [-0.4, -0.2) is 9.78 Å².